The smallest absolute Gasteiger partial charge is 0.143 e. The predicted molar refractivity (Wildman–Crippen MR) is 231 cm³/mol. The van der Waals surface area contributed by atoms with Crippen LogP contribution in [-0.2, 0) is 0 Å². The normalized spacial score (nSPS) is 11.6. The Kier molecular flexibility index (Phi) is 7.17. The number of nitrogens with zero attached hydrogens (tertiary/aromatic N) is 2. The first kappa shape index (κ1) is 31.2. The van der Waals surface area contributed by atoms with Crippen molar-refractivity contribution in [1.82, 2.24) is 4.57 Å². The van der Waals surface area contributed by atoms with E-state index in [-0.39, 0.29) is 0 Å². The number of aromatic nitrogens is 1. The van der Waals surface area contributed by atoms with Crippen molar-refractivity contribution in [3.8, 4) is 27.9 Å². The third-order valence-corrected chi connectivity index (χ3v) is 11.0. The molecule has 2 heterocycles. The van der Waals surface area contributed by atoms with Crippen LogP contribution in [0.25, 0.3) is 82.5 Å². The standard InChI is InChI=1S/C52H34N2O/c1-3-12-35(13-4-1)36-24-29-41(30-25-36)53(48-19-11-20-49-51(48)45-17-7-9-18-47(45)54(49)40-14-5-2-6-15-40)42-31-26-37(27-32-42)39-23-22-38-28-33-44-43-16-8-10-21-50(43)55-52(44)46(38)34-39/h1-34H. The van der Waals surface area contributed by atoms with Crippen LogP contribution < -0.4 is 4.90 Å². The summed E-state index contributed by atoms with van der Waals surface area (Å²) >= 11 is 0. The first-order valence-electron chi connectivity index (χ1n) is 18.8. The molecule has 11 rings (SSSR count). The third-order valence-electron chi connectivity index (χ3n) is 11.0. The summed E-state index contributed by atoms with van der Waals surface area (Å²) in [7, 11) is 0. The monoisotopic (exact) mass is 702 g/mol. The second-order valence-corrected chi connectivity index (χ2v) is 14.1. The van der Waals surface area contributed by atoms with E-state index in [0.29, 0.717) is 0 Å². The molecule has 11 aromatic rings. The predicted octanol–water partition coefficient (Wildman–Crippen LogP) is 14.6. The van der Waals surface area contributed by atoms with E-state index in [1.807, 2.05) is 12.1 Å². The van der Waals surface area contributed by atoms with Gasteiger partial charge in [0.2, 0.25) is 0 Å². The summed E-state index contributed by atoms with van der Waals surface area (Å²) in [5.74, 6) is 0. The highest BCUT2D eigenvalue weighted by Crippen LogP contribution is 2.45. The summed E-state index contributed by atoms with van der Waals surface area (Å²) < 4.78 is 8.81. The van der Waals surface area contributed by atoms with Gasteiger partial charge >= 0.3 is 0 Å². The maximum absolute atomic E-state index is 6.43. The maximum atomic E-state index is 6.43. The van der Waals surface area contributed by atoms with Gasteiger partial charge in [-0.1, -0.05) is 133 Å². The second-order valence-electron chi connectivity index (χ2n) is 14.1. The molecule has 0 fully saturated rings. The zero-order chi connectivity index (χ0) is 36.3. The van der Waals surface area contributed by atoms with Crippen LogP contribution in [-0.4, -0.2) is 4.57 Å². The van der Waals surface area contributed by atoms with E-state index in [2.05, 4.69) is 204 Å². The molecule has 3 heteroatoms. The van der Waals surface area contributed by atoms with E-state index in [1.165, 1.54) is 38.3 Å². The molecule has 2 aromatic heterocycles. The molecule has 55 heavy (non-hydrogen) atoms. The largest absolute Gasteiger partial charge is 0.455 e. The molecule has 0 amide bonds. The van der Waals surface area contributed by atoms with Gasteiger partial charge in [0, 0.05) is 44.0 Å². The summed E-state index contributed by atoms with van der Waals surface area (Å²) in [4.78, 5) is 2.40. The van der Waals surface area contributed by atoms with Gasteiger partial charge in [0.1, 0.15) is 11.2 Å². The first-order chi connectivity index (χ1) is 27.3. The Morgan fingerprint density at radius 2 is 0.964 bits per heavy atom. The topological polar surface area (TPSA) is 21.3 Å². The molecule has 0 saturated heterocycles. The lowest BCUT2D eigenvalue weighted by Gasteiger charge is -2.27. The van der Waals surface area contributed by atoms with Crippen LogP contribution in [0.4, 0.5) is 17.1 Å². The summed E-state index contributed by atoms with van der Waals surface area (Å²) in [6.45, 7) is 0. The van der Waals surface area contributed by atoms with Gasteiger partial charge in [-0.3, -0.25) is 0 Å². The summed E-state index contributed by atoms with van der Waals surface area (Å²) in [5.41, 5.74) is 13.3. The highest BCUT2D eigenvalue weighted by Gasteiger charge is 2.21. The van der Waals surface area contributed by atoms with Gasteiger partial charge in [0.05, 0.1) is 16.7 Å². The number of anilines is 3. The molecule has 0 N–H and O–H groups in total. The Bertz CT molecular complexity index is 3180. The van der Waals surface area contributed by atoms with E-state index in [0.717, 1.165) is 61.2 Å². The molecule has 9 aromatic carbocycles. The van der Waals surface area contributed by atoms with Crippen molar-refractivity contribution in [1.29, 1.82) is 0 Å². The third kappa shape index (κ3) is 5.13. The minimum atomic E-state index is 0.915. The van der Waals surface area contributed by atoms with Gasteiger partial charge in [-0.15, -0.1) is 0 Å². The number of para-hydroxylation sites is 3. The maximum Gasteiger partial charge on any atom is 0.143 e. The van der Waals surface area contributed by atoms with E-state index >= 15 is 0 Å². The fourth-order valence-corrected chi connectivity index (χ4v) is 8.39. The Labute approximate surface area is 318 Å². The number of rotatable bonds is 6. The van der Waals surface area contributed by atoms with Crippen molar-refractivity contribution in [2.24, 2.45) is 0 Å². The highest BCUT2D eigenvalue weighted by atomic mass is 16.3. The van der Waals surface area contributed by atoms with Crippen molar-refractivity contribution in [3.05, 3.63) is 206 Å². The number of benzene rings is 9. The minimum Gasteiger partial charge on any atom is -0.455 e. The van der Waals surface area contributed by atoms with E-state index in [1.54, 1.807) is 0 Å². The van der Waals surface area contributed by atoms with Crippen LogP contribution in [0, 0.1) is 0 Å². The molecule has 0 aliphatic heterocycles. The zero-order valence-electron chi connectivity index (χ0n) is 29.9. The van der Waals surface area contributed by atoms with Gasteiger partial charge in [0.25, 0.3) is 0 Å². The van der Waals surface area contributed by atoms with Gasteiger partial charge < -0.3 is 13.9 Å². The van der Waals surface area contributed by atoms with Crippen LogP contribution >= 0.6 is 0 Å². The molecular weight excluding hydrogens is 669 g/mol. The summed E-state index contributed by atoms with van der Waals surface area (Å²) in [5, 5.41) is 7.01. The average Bonchev–Trinajstić information content (AvgIpc) is 3.82. The second kappa shape index (κ2) is 12.6. The molecule has 0 radical (unpaired) electrons. The molecule has 0 saturated carbocycles. The summed E-state index contributed by atoms with van der Waals surface area (Å²) in [6.07, 6.45) is 0. The molecule has 3 nitrogen and oxygen atoms in total. The molecule has 0 unspecified atom stereocenters. The first-order valence-corrected chi connectivity index (χ1v) is 18.8. The summed E-state index contributed by atoms with van der Waals surface area (Å²) in [6, 6.07) is 73.9. The fraction of sp³-hybridized carbons (Fsp3) is 0. The number of furan rings is 1. The number of hydrogen-bond donors (Lipinski definition) is 0. The van der Waals surface area contributed by atoms with Gasteiger partial charge in [0.15, 0.2) is 0 Å². The molecule has 258 valence electrons. The molecule has 0 bridgehead atoms. The Hall–Kier alpha value is -7.36. The van der Waals surface area contributed by atoms with Gasteiger partial charge in [-0.2, -0.15) is 0 Å². The van der Waals surface area contributed by atoms with E-state index in [9.17, 15) is 0 Å². The van der Waals surface area contributed by atoms with Crippen LogP contribution in [0.2, 0.25) is 0 Å². The number of fused-ring (bicyclic) bond motifs is 8. The lowest BCUT2D eigenvalue weighted by atomic mass is 9.99. The molecule has 0 aliphatic rings. The van der Waals surface area contributed by atoms with Crippen LogP contribution in [0.1, 0.15) is 0 Å². The van der Waals surface area contributed by atoms with Crippen LogP contribution in [0.15, 0.2) is 211 Å². The molecule has 0 atom stereocenters. The Morgan fingerprint density at radius 3 is 1.73 bits per heavy atom. The number of hydrogen-bond acceptors (Lipinski definition) is 2. The van der Waals surface area contributed by atoms with E-state index in [4.69, 9.17) is 4.42 Å². The van der Waals surface area contributed by atoms with Gasteiger partial charge in [-0.25, -0.2) is 0 Å². The average molecular weight is 703 g/mol. The van der Waals surface area contributed by atoms with Crippen LogP contribution in [0.5, 0.6) is 0 Å². The quantitative estimate of drug-likeness (QED) is 0.172. The molecule has 0 spiro atoms. The van der Waals surface area contributed by atoms with Crippen molar-refractivity contribution in [2.45, 2.75) is 0 Å². The molecule has 0 aliphatic carbocycles. The van der Waals surface area contributed by atoms with E-state index < -0.39 is 0 Å². The van der Waals surface area contributed by atoms with Gasteiger partial charge in [-0.05, 0) is 100 Å². The SMILES string of the molecule is c1ccc(-c2ccc(N(c3ccc(-c4ccc5ccc6c7ccccc7oc6c5c4)cc3)c3cccc4c3c3ccccc3n4-c3ccccc3)cc2)cc1. The highest BCUT2D eigenvalue weighted by molar-refractivity contribution is 6.17. The fourth-order valence-electron chi connectivity index (χ4n) is 8.39. The lowest BCUT2D eigenvalue weighted by molar-refractivity contribution is 0.672. The zero-order valence-corrected chi connectivity index (χ0v) is 29.9. The van der Waals surface area contributed by atoms with Crippen molar-refractivity contribution in [3.63, 3.8) is 0 Å². The minimum absolute atomic E-state index is 0.915. The van der Waals surface area contributed by atoms with Crippen molar-refractivity contribution < 1.29 is 4.42 Å². The Morgan fingerprint density at radius 1 is 0.382 bits per heavy atom. The van der Waals surface area contributed by atoms with Crippen LogP contribution in [0.3, 0.4) is 0 Å². The Balaban J connectivity index is 1.08. The lowest BCUT2D eigenvalue weighted by Crippen LogP contribution is -2.10. The van der Waals surface area contributed by atoms with Crippen molar-refractivity contribution in [2.75, 3.05) is 4.90 Å². The van der Waals surface area contributed by atoms with Crippen molar-refractivity contribution >= 4 is 71.6 Å². The molecular formula is C52H34N2O.